The minimum absolute atomic E-state index is 0.510. The van der Waals surface area contributed by atoms with E-state index in [1.165, 1.54) is 107 Å². The van der Waals surface area contributed by atoms with E-state index in [-0.39, 0.29) is 0 Å². The molecule has 0 saturated carbocycles. The van der Waals surface area contributed by atoms with Crippen LogP contribution in [0.15, 0.2) is 261 Å². The molecule has 0 N–H and O–H groups in total. The highest BCUT2D eigenvalue weighted by Gasteiger charge is 2.47. The maximum Gasteiger partial charge on any atom is 0.0714 e. The van der Waals surface area contributed by atoms with Crippen molar-refractivity contribution in [3.8, 4) is 44.5 Å². The molecule has 0 unspecified atom stereocenters. The summed E-state index contributed by atoms with van der Waals surface area (Å²) in [7, 11) is 0. The molecule has 0 fully saturated rings. The summed E-state index contributed by atoms with van der Waals surface area (Å²) >= 11 is 3.75. The molecule has 11 aromatic carbocycles. The predicted octanol–water partition coefficient (Wildman–Crippen LogP) is 19.3. The third kappa shape index (κ3) is 6.36. The number of rotatable bonds is 8. The molecule has 3 heteroatoms. The minimum Gasteiger partial charge on any atom is -0.310 e. The Morgan fingerprint density at radius 3 is 1.46 bits per heavy atom. The first-order chi connectivity index (χ1) is 34.7. The van der Waals surface area contributed by atoms with Crippen molar-refractivity contribution in [3.63, 3.8) is 0 Å². The normalized spacial score (nSPS) is 12.7. The Balaban J connectivity index is 0.900. The van der Waals surface area contributed by atoms with Crippen molar-refractivity contribution in [2.45, 2.75) is 5.41 Å². The van der Waals surface area contributed by atoms with Crippen molar-refractivity contribution < 1.29 is 0 Å². The van der Waals surface area contributed by atoms with Gasteiger partial charge in [-0.2, -0.15) is 0 Å². The van der Waals surface area contributed by atoms with Crippen LogP contribution in [0.1, 0.15) is 22.3 Å². The van der Waals surface area contributed by atoms with Gasteiger partial charge in [0.15, 0.2) is 0 Å². The highest BCUT2D eigenvalue weighted by Crippen LogP contribution is 2.59. The van der Waals surface area contributed by atoms with Crippen LogP contribution < -0.4 is 4.90 Å². The largest absolute Gasteiger partial charge is 0.310 e. The molecule has 1 aliphatic carbocycles. The standard InChI is InChI=1S/C67H43NS2/c1-3-15-49(16-4-1)67(50-17-5-2-6-18-50)59-24-10-7-21-58(59)65-60(67)25-14-26-61(65)68(52-40-35-46(36-41-52)48-37-42-56-54-19-8-11-27-62(54)69-64(56)43-48)51-38-33-45(34-39-51)44-29-31-47(32-30-44)53-22-13-23-57-55-20-9-12-28-63(55)70-66(53)57/h1-43H. The van der Waals surface area contributed by atoms with Crippen molar-refractivity contribution in [2.24, 2.45) is 0 Å². The Hall–Kier alpha value is -8.34. The van der Waals surface area contributed by atoms with Crippen LogP contribution in [0.25, 0.3) is 84.9 Å². The van der Waals surface area contributed by atoms with Gasteiger partial charge in [0.05, 0.1) is 11.1 Å². The maximum absolute atomic E-state index is 2.47. The Morgan fingerprint density at radius 1 is 0.300 bits per heavy atom. The minimum atomic E-state index is -0.510. The van der Waals surface area contributed by atoms with E-state index in [4.69, 9.17) is 0 Å². The number of fused-ring (bicyclic) bond motifs is 9. The summed E-state index contributed by atoms with van der Waals surface area (Å²) in [6.07, 6.45) is 0. The first kappa shape index (κ1) is 40.7. The second-order valence-electron chi connectivity index (χ2n) is 18.3. The van der Waals surface area contributed by atoms with E-state index in [0.717, 1.165) is 17.1 Å². The van der Waals surface area contributed by atoms with E-state index >= 15 is 0 Å². The van der Waals surface area contributed by atoms with Crippen LogP contribution >= 0.6 is 22.7 Å². The molecule has 14 rings (SSSR count). The lowest BCUT2D eigenvalue weighted by Gasteiger charge is -2.34. The second kappa shape index (κ2) is 16.4. The number of hydrogen-bond donors (Lipinski definition) is 0. The summed E-state index contributed by atoms with van der Waals surface area (Å²) in [5.41, 5.74) is 17.7. The smallest absolute Gasteiger partial charge is 0.0714 e. The molecular weight excluding hydrogens is 883 g/mol. The van der Waals surface area contributed by atoms with Gasteiger partial charge in [0, 0.05) is 57.3 Å². The van der Waals surface area contributed by atoms with E-state index in [1.54, 1.807) is 0 Å². The lowest BCUT2D eigenvalue weighted by molar-refractivity contribution is 0.768. The molecule has 1 aliphatic rings. The second-order valence-corrected chi connectivity index (χ2v) is 20.5. The van der Waals surface area contributed by atoms with E-state index < -0.39 is 5.41 Å². The fraction of sp³-hybridized carbons (Fsp3) is 0.0149. The van der Waals surface area contributed by atoms with Crippen LogP contribution in [0.4, 0.5) is 17.1 Å². The number of benzene rings is 11. The first-order valence-corrected chi connectivity index (χ1v) is 25.6. The molecule has 0 saturated heterocycles. The third-order valence-electron chi connectivity index (χ3n) is 14.6. The summed E-state index contributed by atoms with van der Waals surface area (Å²) in [4.78, 5) is 2.47. The quantitative estimate of drug-likeness (QED) is 0.147. The van der Waals surface area contributed by atoms with Crippen molar-refractivity contribution >= 4 is 80.1 Å². The van der Waals surface area contributed by atoms with E-state index in [0.29, 0.717) is 0 Å². The molecule has 0 bridgehead atoms. The molecule has 0 spiro atoms. The fourth-order valence-corrected chi connectivity index (χ4v) is 13.8. The van der Waals surface area contributed by atoms with E-state index in [9.17, 15) is 0 Å². The monoisotopic (exact) mass is 925 g/mol. The molecule has 2 heterocycles. The Morgan fingerprint density at radius 2 is 0.771 bits per heavy atom. The zero-order valence-corrected chi connectivity index (χ0v) is 39.7. The Kier molecular flexibility index (Phi) is 9.55. The van der Waals surface area contributed by atoms with Crippen LogP contribution in [0, 0.1) is 0 Å². The summed E-state index contributed by atoms with van der Waals surface area (Å²) in [6, 6.07) is 96.7. The van der Waals surface area contributed by atoms with Gasteiger partial charge in [-0.3, -0.25) is 0 Å². The van der Waals surface area contributed by atoms with Gasteiger partial charge in [-0.1, -0.05) is 212 Å². The van der Waals surface area contributed by atoms with Gasteiger partial charge >= 0.3 is 0 Å². The third-order valence-corrected chi connectivity index (χ3v) is 17.0. The zero-order chi connectivity index (χ0) is 46.2. The van der Waals surface area contributed by atoms with Crippen LogP contribution in [-0.4, -0.2) is 0 Å². The van der Waals surface area contributed by atoms with Gasteiger partial charge in [-0.15, -0.1) is 22.7 Å². The van der Waals surface area contributed by atoms with Gasteiger partial charge in [-0.25, -0.2) is 0 Å². The fourth-order valence-electron chi connectivity index (χ4n) is 11.4. The SMILES string of the molecule is c1ccc(C2(c3ccccc3)c3ccccc3-c3c(N(c4ccc(-c5ccc(-c6cccc7c6sc6ccccc67)cc5)cc4)c4ccc(-c5ccc6c(c5)sc5ccccc56)cc4)cccc32)cc1. The summed E-state index contributed by atoms with van der Waals surface area (Å²) in [5, 5.41) is 5.29. The lowest BCUT2D eigenvalue weighted by Crippen LogP contribution is -2.28. The molecule has 328 valence electrons. The van der Waals surface area contributed by atoms with Gasteiger partial charge < -0.3 is 4.90 Å². The van der Waals surface area contributed by atoms with Crippen molar-refractivity contribution in [3.05, 3.63) is 283 Å². The lowest BCUT2D eigenvalue weighted by atomic mass is 9.68. The molecular formula is C67H43NS2. The molecule has 0 radical (unpaired) electrons. The van der Waals surface area contributed by atoms with E-state index in [2.05, 4.69) is 266 Å². The van der Waals surface area contributed by atoms with E-state index in [1.807, 2.05) is 22.7 Å². The van der Waals surface area contributed by atoms with Crippen molar-refractivity contribution in [1.82, 2.24) is 0 Å². The summed E-state index contributed by atoms with van der Waals surface area (Å²) in [6.45, 7) is 0. The van der Waals surface area contributed by atoms with Gasteiger partial charge in [0.2, 0.25) is 0 Å². The molecule has 0 amide bonds. The average Bonchev–Trinajstić information content (AvgIpc) is 4.11. The van der Waals surface area contributed by atoms with Crippen LogP contribution in [0.3, 0.4) is 0 Å². The summed E-state index contributed by atoms with van der Waals surface area (Å²) < 4.78 is 5.30. The average molecular weight is 926 g/mol. The van der Waals surface area contributed by atoms with Gasteiger partial charge in [-0.05, 0) is 110 Å². The number of anilines is 3. The number of hydrogen-bond acceptors (Lipinski definition) is 3. The zero-order valence-electron chi connectivity index (χ0n) is 38.1. The highest BCUT2D eigenvalue weighted by atomic mass is 32.1. The first-order valence-electron chi connectivity index (χ1n) is 24.0. The Labute approximate surface area is 415 Å². The predicted molar refractivity (Wildman–Crippen MR) is 301 cm³/mol. The Bertz CT molecular complexity index is 4050. The van der Waals surface area contributed by atoms with Crippen LogP contribution in [0.2, 0.25) is 0 Å². The van der Waals surface area contributed by atoms with Crippen molar-refractivity contribution in [2.75, 3.05) is 4.90 Å². The van der Waals surface area contributed by atoms with Crippen LogP contribution in [0.5, 0.6) is 0 Å². The topological polar surface area (TPSA) is 3.24 Å². The molecule has 0 aliphatic heterocycles. The van der Waals surface area contributed by atoms with Crippen molar-refractivity contribution in [1.29, 1.82) is 0 Å². The highest BCUT2D eigenvalue weighted by molar-refractivity contribution is 7.26. The molecule has 70 heavy (non-hydrogen) atoms. The maximum atomic E-state index is 2.47. The molecule has 13 aromatic rings. The molecule has 0 atom stereocenters. The molecule has 1 nitrogen and oxygen atoms in total. The van der Waals surface area contributed by atoms with Crippen LogP contribution in [-0.2, 0) is 5.41 Å². The van der Waals surface area contributed by atoms with Gasteiger partial charge in [0.25, 0.3) is 0 Å². The summed E-state index contributed by atoms with van der Waals surface area (Å²) in [5.74, 6) is 0. The molecule has 2 aromatic heterocycles. The van der Waals surface area contributed by atoms with Gasteiger partial charge in [0.1, 0.15) is 0 Å². The number of nitrogens with zero attached hydrogens (tertiary/aromatic N) is 1. The number of thiophene rings is 2.